The highest BCUT2D eigenvalue weighted by Gasteiger charge is 2.52. The number of carbonyl (C=O) groups excluding carboxylic acids is 2. The molecule has 3 heterocycles. The fourth-order valence-electron chi connectivity index (χ4n) is 3.81. The first-order valence-electron chi connectivity index (χ1n) is 9.33. The molecular weight excluding hydrogens is 445 g/mol. The number of likely N-dealkylation sites (tertiary alicyclic amines) is 1. The van der Waals surface area contributed by atoms with Gasteiger partial charge in [0.25, 0.3) is 0 Å². The van der Waals surface area contributed by atoms with Gasteiger partial charge in [-0.2, -0.15) is 4.31 Å². The molecule has 3 aliphatic heterocycles. The lowest BCUT2D eigenvalue weighted by molar-refractivity contribution is -0.275. The monoisotopic (exact) mass is 464 g/mol. The van der Waals surface area contributed by atoms with E-state index in [1.807, 2.05) is 0 Å². The molecule has 3 saturated heterocycles. The molecule has 4 rings (SSSR count). The molecule has 31 heavy (non-hydrogen) atoms. The highest BCUT2D eigenvalue weighted by atomic mass is 32.2. The summed E-state index contributed by atoms with van der Waals surface area (Å²) in [7, 11) is -4.26. The number of amides is 3. The smallest absolute Gasteiger partial charge is 0.447 e. The number of cyclic esters (lactones) is 1. The predicted octanol–water partition coefficient (Wildman–Crippen LogP) is 0.806. The van der Waals surface area contributed by atoms with Gasteiger partial charge in [0.05, 0.1) is 13.1 Å². The number of carbonyl (C=O) groups is 2. The van der Waals surface area contributed by atoms with Gasteiger partial charge in [-0.1, -0.05) is 12.1 Å². The molecule has 1 spiro atoms. The molecule has 3 amide bonds. The minimum absolute atomic E-state index is 0.0761. The maximum atomic E-state index is 12.9. The molecule has 3 aliphatic rings. The van der Waals surface area contributed by atoms with Crippen molar-refractivity contribution in [2.75, 3.05) is 45.9 Å². The van der Waals surface area contributed by atoms with E-state index in [1.54, 1.807) is 0 Å². The van der Waals surface area contributed by atoms with Gasteiger partial charge >= 0.3 is 18.5 Å². The zero-order valence-corrected chi connectivity index (χ0v) is 16.9. The SMILES string of the molecule is O=C1NC2(CO1)CN(C(=O)N1CCN(S(=O)(=O)c3ccccc3OC(F)(F)F)CC1)C2. The third kappa shape index (κ3) is 4.21. The van der Waals surface area contributed by atoms with Crippen LogP contribution in [0.3, 0.4) is 0 Å². The van der Waals surface area contributed by atoms with Crippen LogP contribution in [0.15, 0.2) is 29.2 Å². The molecule has 170 valence electrons. The van der Waals surface area contributed by atoms with Crippen LogP contribution in [0.5, 0.6) is 5.75 Å². The Hall–Kier alpha value is -2.74. The number of nitrogens with one attached hydrogen (secondary N) is 1. The number of benzene rings is 1. The summed E-state index contributed by atoms with van der Waals surface area (Å²) in [4.78, 5) is 26.2. The van der Waals surface area contributed by atoms with Crippen molar-refractivity contribution < 1.29 is 40.7 Å². The van der Waals surface area contributed by atoms with Crippen LogP contribution >= 0.6 is 0 Å². The van der Waals surface area contributed by atoms with Crippen molar-refractivity contribution in [1.82, 2.24) is 19.4 Å². The van der Waals surface area contributed by atoms with Crippen LogP contribution in [0.1, 0.15) is 0 Å². The number of rotatable bonds is 3. The van der Waals surface area contributed by atoms with Crippen LogP contribution in [-0.4, -0.2) is 92.4 Å². The number of hydrogen-bond acceptors (Lipinski definition) is 6. The second-order valence-electron chi connectivity index (χ2n) is 7.51. The molecule has 0 radical (unpaired) electrons. The van der Waals surface area contributed by atoms with Gasteiger partial charge < -0.3 is 24.6 Å². The molecule has 0 aliphatic carbocycles. The van der Waals surface area contributed by atoms with Gasteiger partial charge in [-0.05, 0) is 12.1 Å². The van der Waals surface area contributed by atoms with Gasteiger partial charge in [-0.3, -0.25) is 0 Å². The standard InChI is InChI=1S/C17H19F3N4O6S/c18-17(19,20)30-12-3-1-2-4-13(12)31(27,28)24-7-5-22(6-8-24)15(26)23-9-16(10-23)11-29-14(25)21-16/h1-4H,5-11H2,(H,21,25). The Bertz CT molecular complexity index is 988. The van der Waals surface area contributed by atoms with E-state index < -0.39 is 38.7 Å². The van der Waals surface area contributed by atoms with Crippen molar-refractivity contribution in [3.8, 4) is 5.75 Å². The number of nitrogens with zero attached hydrogens (tertiary/aromatic N) is 3. The lowest BCUT2D eigenvalue weighted by atomic mass is 9.92. The van der Waals surface area contributed by atoms with Crippen LogP contribution in [0, 0.1) is 0 Å². The van der Waals surface area contributed by atoms with Gasteiger partial charge in [0.15, 0.2) is 0 Å². The molecule has 10 nitrogen and oxygen atoms in total. The molecule has 1 aromatic rings. The number of ether oxygens (including phenoxy) is 2. The van der Waals surface area contributed by atoms with Crippen LogP contribution in [-0.2, 0) is 14.8 Å². The molecule has 0 atom stereocenters. The maximum absolute atomic E-state index is 12.9. The largest absolute Gasteiger partial charge is 0.573 e. The van der Waals surface area contributed by atoms with Gasteiger partial charge in [0, 0.05) is 26.2 Å². The van der Waals surface area contributed by atoms with Crippen LogP contribution in [0.25, 0.3) is 0 Å². The number of urea groups is 1. The van der Waals surface area contributed by atoms with Crippen molar-refractivity contribution in [2.45, 2.75) is 16.8 Å². The van der Waals surface area contributed by atoms with E-state index in [0.717, 1.165) is 16.4 Å². The number of para-hydroxylation sites is 1. The molecule has 1 N–H and O–H groups in total. The van der Waals surface area contributed by atoms with Crippen molar-refractivity contribution in [2.24, 2.45) is 0 Å². The molecule has 0 unspecified atom stereocenters. The summed E-state index contributed by atoms with van der Waals surface area (Å²) in [5.74, 6) is -0.805. The third-order valence-corrected chi connectivity index (χ3v) is 7.24. The number of halogens is 3. The van der Waals surface area contributed by atoms with E-state index in [-0.39, 0.29) is 51.9 Å². The van der Waals surface area contributed by atoms with Crippen LogP contribution in [0.2, 0.25) is 0 Å². The number of alkyl carbamates (subject to hydrolysis) is 1. The Balaban J connectivity index is 1.38. The Morgan fingerprint density at radius 3 is 2.32 bits per heavy atom. The molecular formula is C17H19F3N4O6S. The topological polar surface area (TPSA) is 108 Å². The maximum Gasteiger partial charge on any atom is 0.573 e. The average molecular weight is 464 g/mol. The molecule has 0 aromatic heterocycles. The Morgan fingerprint density at radius 2 is 1.74 bits per heavy atom. The van der Waals surface area contributed by atoms with E-state index in [9.17, 15) is 31.2 Å². The highest BCUT2D eigenvalue weighted by Crippen LogP contribution is 2.32. The van der Waals surface area contributed by atoms with E-state index in [2.05, 4.69) is 10.1 Å². The lowest BCUT2D eigenvalue weighted by Gasteiger charge is -2.48. The molecule has 3 fully saturated rings. The van der Waals surface area contributed by atoms with Crippen molar-refractivity contribution in [3.05, 3.63) is 24.3 Å². The van der Waals surface area contributed by atoms with E-state index in [1.165, 1.54) is 21.9 Å². The Morgan fingerprint density at radius 1 is 1.10 bits per heavy atom. The van der Waals surface area contributed by atoms with Crippen LogP contribution in [0.4, 0.5) is 22.8 Å². The summed E-state index contributed by atoms with van der Waals surface area (Å²) >= 11 is 0. The molecule has 14 heteroatoms. The summed E-state index contributed by atoms with van der Waals surface area (Å²) < 4.78 is 73.4. The third-order valence-electron chi connectivity index (χ3n) is 5.31. The minimum Gasteiger partial charge on any atom is -0.447 e. The normalized spacial score (nSPS) is 21.5. The zero-order valence-electron chi connectivity index (χ0n) is 16.1. The summed E-state index contributed by atoms with van der Waals surface area (Å²) in [6, 6.07) is 4.23. The van der Waals surface area contributed by atoms with Gasteiger partial charge in [-0.15, -0.1) is 13.2 Å². The number of alkyl halides is 3. The number of sulfonamides is 1. The van der Waals surface area contributed by atoms with Crippen molar-refractivity contribution >= 4 is 22.1 Å². The average Bonchev–Trinajstić information content (AvgIpc) is 3.08. The zero-order chi connectivity index (χ0) is 22.4. The Kier molecular flexibility index (Phi) is 5.16. The fraction of sp³-hybridized carbons (Fsp3) is 0.529. The molecule has 1 aromatic carbocycles. The van der Waals surface area contributed by atoms with E-state index in [4.69, 9.17) is 4.74 Å². The number of hydrogen-bond donors (Lipinski definition) is 1. The van der Waals surface area contributed by atoms with Crippen molar-refractivity contribution in [1.29, 1.82) is 0 Å². The van der Waals surface area contributed by atoms with Crippen LogP contribution < -0.4 is 10.1 Å². The molecule has 0 bridgehead atoms. The fourth-order valence-corrected chi connectivity index (χ4v) is 5.35. The molecule has 0 saturated carbocycles. The Labute approximate surface area is 175 Å². The van der Waals surface area contributed by atoms with Gasteiger partial charge in [0.1, 0.15) is 22.8 Å². The summed E-state index contributed by atoms with van der Waals surface area (Å²) in [6.45, 7) is 0.761. The quantitative estimate of drug-likeness (QED) is 0.709. The first-order valence-corrected chi connectivity index (χ1v) is 10.8. The second-order valence-corrected chi connectivity index (χ2v) is 9.41. The predicted molar refractivity (Wildman–Crippen MR) is 97.6 cm³/mol. The van der Waals surface area contributed by atoms with Gasteiger partial charge in [-0.25, -0.2) is 18.0 Å². The van der Waals surface area contributed by atoms with Gasteiger partial charge in [0.2, 0.25) is 10.0 Å². The van der Waals surface area contributed by atoms with E-state index >= 15 is 0 Å². The first-order chi connectivity index (χ1) is 14.5. The number of piperazine rings is 1. The minimum atomic E-state index is -5.03. The lowest BCUT2D eigenvalue weighted by Crippen LogP contribution is -2.72. The summed E-state index contributed by atoms with van der Waals surface area (Å²) in [6.07, 6.45) is -5.56. The van der Waals surface area contributed by atoms with E-state index in [0.29, 0.717) is 0 Å². The highest BCUT2D eigenvalue weighted by molar-refractivity contribution is 7.89. The summed E-state index contributed by atoms with van der Waals surface area (Å²) in [5, 5.41) is 2.67. The summed E-state index contributed by atoms with van der Waals surface area (Å²) in [5.41, 5.74) is -0.569. The first kappa shape index (κ1) is 21.5. The van der Waals surface area contributed by atoms with Crippen molar-refractivity contribution in [3.63, 3.8) is 0 Å². The second kappa shape index (κ2) is 7.44.